The van der Waals surface area contributed by atoms with Crippen LogP contribution in [-0.4, -0.2) is 58.3 Å². The average molecular weight is 338 g/mol. The number of rotatable bonds is 3. The van der Waals surface area contributed by atoms with E-state index >= 15 is 0 Å². The molecule has 1 unspecified atom stereocenters. The molecule has 0 bridgehead atoms. The lowest BCUT2D eigenvalue weighted by Gasteiger charge is -2.32. The summed E-state index contributed by atoms with van der Waals surface area (Å²) in [7, 11) is 2.09. The van der Waals surface area contributed by atoms with E-state index in [1.807, 2.05) is 6.92 Å². The van der Waals surface area contributed by atoms with Crippen LogP contribution in [0.2, 0.25) is 0 Å². The Morgan fingerprint density at radius 1 is 1.32 bits per heavy atom. The van der Waals surface area contributed by atoms with Crippen LogP contribution >= 0.6 is 24.0 Å². The van der Waals surface area contributed by atoms with Crippen molar-refractivity contribution in [2.24, 2.45) is 0 Å². The summed E-state index contributed by atoms with van der Waals surface area (Å²) >= 11 is 6.03. The number of nitrogens with one attached hydrogen (secondary N) is 1. The Morgan fingerprint density at radius 3 is 2.68 bits per heavy atom. The molecule has 22 heavy (non-hydrogen) atoms. The summed E-state index contributed by atoms with van der Waals surface area (Å²) < 4.78 is 0. The van der Waals surface area contributed by atoms with Crippen molar-refractivity contribution in [2.75, 3.05) is 38.1 Å². The summed E-state index contributed by atoms with van der Waals surface area (Å²) in [5, 5.41) is 9.38. The van der Waals surface area contributed by atoms with Crippen LogP contribution in [-0.2, 0) is 0 Å². The average Bonchev–Trinajstić information content (AvgIpc) is 2.93. The number of aromatic amines is 1. The highest BCUT2D eigenvalue weighted by Gasteiger charge is 2.20. The van der Waals surface area contributed by atoms with Gasteiger partial charge in [-0.1, -0.05) is 0 Å². The predicted molar refractivity (Wildman–Crippen MR) is 90.0 cm³/mol. The third-order valence-electron chi connectivity index (χ3n) is 3.61. The zero-order valence-electron chi connectivity index (χ0n) is 12.5. The van der Waals surface area contributed by atoms with E-state index in [0.717, 1.165) is 36.2 Å². The van der Waals surface area contributed by atoms with Gasteiger partial charge in [0.2, 0.25) is 5.95 Å². The molecule has 1 N–H and O–H groups in total. The second-order valence-corrected chi connectivity index (χ2v) is 7.08. The molecule has 7 nitrogen and oxygen atoms in total. The van der Waals surface area contributed by atoms with E-state index in [-0.39, 0.29) is 10.8 Å². The molecule has 1 aliphatic heterocycles. The van der Waals surface area contributed by atoms with Gasteiger partial charge in [-0.15, -0.1) is 21.5 Å². The maximum atomic E-state index is 12.0. The van der Waals surface area contributed by atoms with Gasteiger partial charge in [-0.05, 0) is 14.0 Å². The highest BCUT2D eigenvalue weighted by molar-refractivity contribution is 7.80. The number of piperazine rings is 1. The van der Waals surface area contributed by atoms with Crippen molar-refractivity contribution in [2.45, 2.75) is 12.2 Å². The van der Waals surface area contributed by atoms with Crippen LogP contribution in [0.15, 0.2) is 10.9 Å². The Balaban J connectivity index is 1.88. The van der Waals surface area contributed by atoms with Crippen LogP contribution < -0.4 is 10.5 Å². The van der Waals surface area contributed by atoms with Crippen LogP contribution in [0.1, 0.15) is 21.0 Å². The molecule has 3 heterocycles. The van der Waals surface area contributed by atoms with Crippen molar-refractivity contribution in [3.8, 4) is 0 Å². The van der Waals surface area contributed by atoms with E-state index < -0.39 is 0 Å². The summed E-state index contributed by atoms with van der Waals surface area (Å²) in [5.41, 5.74) is 0.441. The van der Waals surface area contributed by atoms with Crippen LogP contribution in [0, 0.1) is 6.92 Å². The van der Waals surface area contributed by atoms with Gasteiger partial charge in [0, 0.05) is 32.2 Å². The van der Waals surface area contributed by atoms with Crippen LogP contribution in [0.3, 0.4) is 0 Å². The lowest BCUT2D eigenvalue weighted by Crippen LogP contribution is -2.45. The van der Waals surface area contributed by atoms with Gasteiger partial charge in [-0.2, -0.15) is 12.6 Å². The van der Waals surface area contributed by atoms with Crippen molar-refractivity contribution < 1.29 is 0 Å². The van der Waals surface area contributed by atoms with E-state index in [1.54, 1.807) is 0 Å². The monoisotopic (exact) mass is 338 g/mol. The fourth-order valence-electron chi connectivity index (χ4n) is 2.32. The number of thiol groups is 1. The van der Waals surface area contributed by atoms with Gasteiger partial charge < -0.3 is 9.80 Å². The first kappa shape index (κ1) is 15.4. The molecule has 1 atom stereocenters. The number of hydrogen-bond donors (Lipinski definition) is 2. The fourth-order valence-corrected chi connectivity index (χ4v) is 3.36. The van der Waals surface area contributed by atoms with Crippen molar-refractivity contribution in [1.29, 1.82) is 0 Å². The van der Waals surface area contributed by atoms with Crippen molar-refractivity contribution in [3.63, 3.8) is 0 Å². The Kier molecular flexibility index (Phi) is 4.46. The highest BCUT2D eigenvalue weighted by atomic mass is 32.1. The molecule has 3 rings (SSSR count). The van der Waals surface area contributed by atoms with Gasteiger partial charge in [0.05, 0.1) is 10.9 Å². The van der Waals surface area contributed by atoms with Crippen LogP contribution in [0.25, 0.3) is 0 Å². The van der Waals surface area contributed by atoms with Gasteiger partial charge in [-0.25, -0.2) is 4.98 Å². The first-order valence-corrected chi connectivity index (χ1v) is 8.39. The first-order valence-electron chi connectivity index (χ1n) is 7.06. The lowest BCUT2D eigenvalue weighted by molar-refractivity contribution is 0.311. The molecule has 2 aromatic heterocycles. The lowest BCUT2D eigenvalue weighted by atomic mass is 10.3. The Hall–Kier alpha value is -1.45. The second kappa shape index (κ2) is 6.35. The quantitative estimate of drug-likeness (QED) is 0.802. The van der Waals surface area contributed by atoms with E-state index in [4.69, 9.17) is 0 Å². The predicted octanol–water partition coefficient (Wildman–Crippen LogP) is 0.701. The maximum absolute atomic E-state index is 12.0. The Morgan fingerprint density at radius 2 is 2.05 bits per heavy atom. The topological polar surface area (TPSA) is 78.0 Å². The molecular formula is C13H18N6OS2. The highest BCUT2D eigenvalue weighted by Crippen LogP contribution is 2.29. The van der Waals surface area contributed by atoms with E-state index in [2.05, 4.69) is 49.6 Å². The molecule has 9 heteroatoms. The molecule has 118 valence electrons. The van der Waals surface area contributed by atoms with Gasteiger partial charge in [0.15, 0.2) is 0 Å². The zero-order chi connectivity index (χ0) is 15.7. The number of nitrogens with zero attached hydrogens (tertiary/aromatic N) is 5. The molecule has 0 radical (unpaired) electrons. The molecule has 0 spiro atoms. The summed E-state index contributed by atoms with van der Waals surface area (Å²) in [6.45, 7) is 5.49. The number of likely N-dealkylation sites (N-methyl/N-ethyl adjacent to an activating group) is 1. The molecule has 1 aliphatic rings. The van der Waals surface area contributed by atoms with Gasteiger partial charge >= 0.3 is 0 Å². The SMILES string of the molecule is Cc1nnc(C(S)c2cc(=O)[nH]c(N3CCN(C)CC3)n2)s1. The van der Waals surface area contributed by atoms with Gasteiger partial charge in [-0.3, -0.25) is 9.78 Å². The van der Waals surface area contributed by atoms with Crippen molar-refractivity contribution in [3.05, 3.63) is 32.1 Å². The molecular weight excluding hydrogens is 320 g/mol. The zero-order valence-corrected chi connectivity index (χ0v) is 14.2. The summed E-state index contributed by atoms with van der Waals surface area (Å²) in [4.78, 5) is 23.7. The normalized spacial score (nSPS) is 17.7. The van der Waals surface area contributed by atoms with Gasteiger partial charge in [0.25, 0.3) is 5.56 Å². The minimum atomic E-state index is -0.334. The molecule has 0 saturated carbocycles. The standard InChI is InChI=1S/C13H18N6OS2/c1-8-16-17-12(22-8)11(21)9-7-10(20)15-13(14-9)19-5-3-18(2)4-6-19/h7,11,21H,3-6H2,1-2H3,(H,14,15,20). The number of hydrogen-bond acceptors (Lipinski definition) is 8. The minimum Gasteiger partial charge on any atom is -0.340 e. The molecule has 2 aromatic rings. The van der Waals surface area contributed by atoms with Gasteiger partial charge in [0.1, 0.15) is 10.0 Å². The third kappa shape index (κ3) is 3.31. The van der Waals surface area contributed by atoms with E-state index in [0.29, 0.717) is 11.6 Å². The Labute approximate surface area is 137 Å². The molecule has 0 aromatic carbocycles. The smallest absolute Gasteiger partial charge is 0.252 e. The number of aromatic nitrogens is 4. The van der Waals surface area contributed by atoms with Crippen LogP contribution in [0.5, 0.6) is 0 Å². The van der Waals surface area contributed by atoms with E-state index in [9.17, 15) is 4.79 Å². The molecule has 1 fully saturated rings. The number of anilines is 1. The third-order valence-corrected chi connectivity index (χ3v) is 5.19. The van der Waals surface area contributed by atoms with E-state index in [1.165, 1.54) is 17.4 Å². The molecule has 0 aliphatic carbocycles. The maximum Gasteiger partial charge on any atom is 0.252 e. The Bertz CT molecular complexity index is 707. The fraction of sp³-hybridized carbons (Fsp3) is 0.538. The minimum absolute atomic E-state index is 0.167. The summed E-state index contributed by atoms with van der Waals surface area (Å²) in [5.74, 6) is 0.607. The number of aryl methyl sites for hydroxylation is 1. The first-order chi connectivity index (χ1) is 10.5. The van der Waals surface area contributed by atoms with Crippen LogP contribution in [0.4, 0.5) is 5.95 Å². The second-order valence-electron chi connectivity index (χ2n) is 5.35. The summed E-state index contributed by atoms with van der Waals surface area (Å²) in [6.07, 6.45) is 0. The van der Waals surface area contributed by atoms with Crippen molar-refractivity contribution in [1.82, 2.24) is 25.1 Å². The summed E-state index contributed by atoms with van der Waals surface area (Å²) in [6, 6.07) is 1.48. The number of H-pyrrole nitrogens is 1. The molecule has 1 saturated heterocycles. The largest absolute Gasteiger partial charge is 0.340 e. The van der Waals surface area contributed by atoms with Crippen molar-refractivity contribution >= 4 is 29.9 Å². The molecule has 0 amide bonds.